The molecule has 5 heteroatoms. The van der Waals surface area contributed by atoms with Crippen LogP contribution in [0.25, 0.3) is 10.9 Å². The Morgan fingerprint density at radius 3 is 2.90 bits per heavy atom. The van der Waals surface area contributed by atoms with Crippen LogP contribution in [-0.4, -0.2) is 22.6 Å². The summed E-state index contributed by atoms with van der Waals surface area (Å²) in [7, 11) is 0. The molecule has 1 heterocycles. The number of rotatable bonds is 3. The van der Waals surface area contributed by atoms with Crippen LogP contribution in [-0.2, 0) is 4.79 Å². The minimum Gasteiger partial charge on any atom is -0.330 e. The molecule has 0 bridgehead atoms. The van der Waals surface area contributed by atoms with Gasteiger partial charge in [0, 0.05) is 11.3 Å². The summed E-state index contributed by atoms with van der Waals surface area (Å²) in [4.78, 5) is 12.4. The number of carbonyl (C=O) groups excluding carboxylic acids is 1. The molecule has 106 valence electrons. The average Bonchev–Trinajstić information content (AvgIpc) is 2.97. The molecule has 0 radical (unpaired) electrons. The van der Waals surface area contributed by atoms with Crippen molar-refractivity contribution in [3.05, 3.63) is 24.4 Å². The quantitative estimate of drug-likeness (QED) is 0.801. The van der Waals surface area contributed by atoms with Gasteiger partial charge in [-0.3, -0.25) is 9.89 Å². The third-order valence-electron chi connectivity index (χ3n) is 4.29. The summed E-state index contributed by atoms with van der Waals surface area (Å²) < 4.78 is 0. The third-order valence-corrected chi connectivity index (χ3v) is 4.29. The van der Waals surface area contributed by atoms with E-state index in [0.717, 1.165) is 48.8 Å². The van der Waals surface area contributed by atoms with Crippen LogP contribution in [0, 0.1) is 11.8 Å². The molecule has 3 rings (SSSR count). The maximum absolute atomic E-state index is 12.4. The number of benzene rings is 1. The number of nitrogens with two attached hydrogens (primary N) is 1. The zero-order chi connectivity index (χ0) is 13.9. The van der Waals surface area contributed by atoms with E-state index in [1.54, 1.807) is 6.20 Å². The second kappa shape index (κ2) is 5.63. The van der Waals surface area contributed by atoms with Gasteiger partial charge in [0.05, 0.1) is 17.4 Å². The van der Waals surface area contributed by atoms with E-state index in [4.69, 9.17) is 5.73 Å². The first-order valence-electron chi connectivity index (χ1n) is 7.21. The lowest BCUT2D eigenvalue weighted by Gasteiger charge is -2.26. The lowest BCUT2D eigenvalue weighted by molar-refractivity contribution is -0.121. The number of nitrogens with zero attached hydrogens (tertiary/aromatic N) is 1. The van der Waals surface area contributed by atoms with Crippen LogP contribution in [0.5, 0.6) is 0 Å². The second-order valence-electron chi connectivity index (χ2n) is 5.58. The second-order valence-corrected chi connectivity index (χ2v) is 5.58. The van der Waals surface area contributed by atoms with Crippen LogP contribution in [0.3, 0.4) is 0 Å². The number of aromatic amines is 1. The third kappa shape index (κ3) is 2.54. The number of carbonyl (C=O) groups is 1. The fourth-order valence-corrected chi connectivity index (χ4v) is 2.97. The summed E-state index contributed by atoms with van der Waals surface area (Å²) in [6.45, 7) is 0.739. The lowest BCUT2D eigenvalue weighted by atomic mass is 9.81. The zero-order valence-corrected chi connectivity index (χ0v) is 11.4. The SMILES string of the molecule is NCC1CCC(C(=O)Nc2cccc3[nH]ncc23)CC1. The van der Waals surface area contributed by atoms with Crippen LogP contribution in [0.4, 0.5) is 5.69 Å². The van der Waals surface area contributed by atoms with E-state index in [9.17, 15) is 4.79 Å². The normalized spacial score (nSPS) is 22.9. The Morgan fingerprint density at radius 2 is 2.15 bits per heavy atom. The number of nitrogens with one attached hydrogen (secondary N) is 2. The Hall–Kier alpha value is -1.88. The number of fused-ring (bicyclic) bond motifs is 1. The molecule has 1 aromatic carbocycles. The fourth-order valence-electron chi connectivity index (χ4n) is 2.97. The molecule has 4 N–H and O–H groups in total. The number of hydrogen-bond acceptors (Lipinski definition) is 3. The molecule has 20 heavy (non-hydrogen) atoms. The molecule has 0 atom stereocenters. The Labute approximate surface area is 117 Å². The minimum absolute atomic E-state index is 0.111. The largest absolute Gasteiger partial charge is 0.330 e. The van der Waals surface area contributed by atoms with Gasteiger partial charge in [-0.05, 0) is 50.3 Å². The molecule has 1 aliphatic rings. The van der Waals surface area contributed by atoms with Gasteiger partial charge in [-0.15, -0.1) is 0 Å². The Kier molecular flexibility index (Phi) is 3.69. The van der Waals surface area contributed by atoms with Crippen molar-refractivity contribution in [1.29, 1.82) is 0 Å². The molecule has 0 spiro atoms. The van der Waals surface area contributed by atoms with Crippen molar-refractivity contribution in [1.82, 2.24) is 10.2 Å². The topological polar surface area (TPSA) is 83.8 Å². The van der Waals surface area contributed by atoms with Crippen LogP contribution < -0.4 is 11.1 Å². The molecule has 5 nitrogen and oxygen atoms in total. The number of aromatic nitrogens is 2. The first-order valence-corrected chi connectivity index (χ1v) is 7.21. The molecule has 1 aromatic heterocycles. The molecule has 1 fully saturated rings. The van der Waals surface area contributed by atoms with Crippen LogP contribution in [0.1, 0.15) is 25.7 Å². The Bertz CT molecular complexity index is 599. The summed E-state index contributed by atoms with van der Waals surface area (Å²) in [5, 5.41) is 10.9. The molecule has 2 aromatic rings. The van der Waals surface area contributed by atoms with Gasteiger partial charge in [0.1, 0.15) is 0 Å². The van der Waals surface area contributed by atoms with Crippen molar-refractivity contribution in [3.63, 3.8) is 0 Å². The van der Waals surface area contributed by atoms with Crippen LogP contribution in [0.15, 0.2) is 24.4 Å². The van der Waals surface area contributed by atoms with E-state index in [1.807, 2.05) is 18.2 Å². The maximum atomic E-state index is 12.4. The van der Waals surface area contributed by atoms with Gasteiger partial charge < -0.3 is 11.1 Å². The van der Waals surface area contributed by atoms with E-state index >= 15 is 0 Å². The summed E-state index contributed by atoms with van der Waals surface area (Å²) in [6, 6.07) is 5.78. The highest BCUT2D eigenvalue weighted by atomic mass is 16.1. The van der Waals surface area contributed by atoms with Gasteiger partial charge in [-0.1, -0.05) is 6.07 Å². The van der Waals surface area contributed by atoms with Gasteiger partial charge in [-0.2, -0.15) is 5.10 Å². The summed E-state index contributed by atoms with van der Waals surface area (Å²) in [5.41, 5.74) is 7.46. The monoisotopic (exact) mass is 272 g/mol. The first kappa shape index (κ1) is 13.1. The van der Waals surface area contributed by atoms with Crippen molar-refractivity contribution in [2.24, 2.45) is 17.6 Å². The average molecular weight is 272 g/mol. The van der Waals surface area contributed by atoms with Gasteiger partial charge in [0.25, 0.3) is 0 Å². The minimum atomic E-state index is 0.111. The Balaban J connectivity index is 1.69. The zero-order valence-electron chi connectivity index (χ0n) is 11.4. The van der Waals surface area contributed by atoms with Gasteiger partial charge in [-0.25, -0.2) is 0 Å². The summed E-state index contributed by atoms with van der Waals surface area (Å²) >= 11 is 0. The van der Waals surface area contributed by atoms with Crippen molar-refractivity contribution in [3.8, 4) is 0 Å². The summed E-state index contributed by atoms with van der Waals surface area (Å²) in [5.74, 6) is 0.825. The molecule has 0 aliphatic heterocycles. The molecular formula is C15H20N4O. The van der Waals surface area contributed by atoms with Crippen molar-refractivity contribution in [2.45, 2.75) is 25.7 Å². The smallest absolute Gasteiger partial charge is 0.227 e. The number of amides is 1. The van der Waals surface area contributed by atoms with Crippen LogP contribution >= 0.6 is 0 Å². The molecular weight excluding hydrogens is 252 g/mol. The highest BCUT2D eigenvalue weighted by Crippen LogP contribution is 2.30. The van der Waals surface area contributed by atoms with E-state index in [2.05, 4.69) is 15.5 Å². The van der Waals surface area contributed by atoms with Gasteiger partial charge in [0.2, 0.25) is 5.91 Å². The molecule has 1 saturated carbocycles. The summed E-state index contributed by atoms with van der Waals surface area (Å²) in [6.07, 6.45) is 5.75. The van der Waals surface area contributed by atoms with E-state index in [-0.39, 0.29) is 11.8 Å². The van der Waals surface area contributed by atoms with Crippen molar-refractivity contribution in [2.75, 3.05) is 11.9 Å². The Morgan fingerprint density at radius 1 is 1.35 bits per heavy atom. The van der Waals surface area contributed by atoms with E-state index in [0.29, 0.717) is 5.92 Å². The lowest BCUT2D eigenvalue weighted by Crippen LogP contribution is -2.29. The van der Waals surface area contributed by atoms with Gasteiger partial charge in [0.15, 0.2) is 0 Å². The highest BCUT2D eigenvalue weighted by molar-refractivity contribution is 6.01. The standard InChI is InChI=1S/C15H20N4O/c16-8-10-4-6-11(7-5-10)15(20)18-13-2-1-3-14-12(13)9-17-19-14/h1-3,9-11H,4-8,16H2,(H,17,19)(H,18,20). The fraction of sp³-hybridized carbons (Fsp3) is 0.467. The van der Waals surface area contributed by atoms with Crippen LogP contribution in [0.2, 0.25) is 0 Å². The molecule has 0 saturated heterocycles. The molecule has 1 amide bonds. The molecule has 0 unspecified atom stereocenters. The highest BCUT2D eigenvalue weighted by Gasteiger charge is 2.25. The van der Waals surface area contributed by atoms with E-state index < -0.39 is 0 Å². The number of hydrogen-bond donors (Lipinski definition) is 3. The number of H-pyrrole nitrogens is 1. The predicted molar refractivity (Wildman–Crippen MR) is 79.2 cm³/mol. The predicted octanol–water partition coefficient (Wildman–Crippen LogP) is 2.27. The molecule has 1 aliphatic carbocycles. The van der Waals surface area contributed by atoms with Crippen molar-refractivity contribution >= 4 is 22.5 Å². The maximum Gasteiger partial charge on any atom is 0.227 e. The first-order chi connectivity index (χ1) is 9.78. The number of anilines is 1. The van der Waals surface area contributed by atoms with Gasteiger partial charge >= 0.3 is 0 Å². The van der Waals surface area contributed by atoms with Crippen molar-refractivity contribution < 1.29 is 4.79 Å². The van der Waals surface area contributed by atoms with E-state index in [1.165, 1.54) is 0 Å².